The molecule has 0 saturated heterocycles. The van der Waals surface area contributed by atoms with E-state index >= 15 is 0 Å². The van der Waals surface area contributed by atoms with Crippen molar-refractivity contribution in [2.45, 2.75) is 32.6 Å². The zero-order chi connectivity index (χ0) is 13.9. The predicted molar refractivity (Wildman–Crippen MR) is 75.7 cm³/mol. The van der Waals surface area contributed by atoms with E-state index in [9.17, 15) is 10.1 Å². The number of benzene rings is 1. The van der Waals surface area contributed by atoms with E-state index in [4.69, 9.17) is 4.74 Å². The van der Waals surface area contributed by atoms with Crippen LogP contribution >= 0.6 is 0 Å². The number of hydrogen-bond donors (Lipinski definition) is 0. The van der Waals surface area contributed by atoms with Gasteiger partial charge in [-0.05, 0) is 25.0 Å². The van der Waals surface area contributed by atoms with Gasteiger partial charge in [0.25, 0.3) is 0 Å². The molecule has 0 unspecified atom stereocenters. The minimum Gasteiger partial charge on any atom is -0.409 e. The molecule has 0 aliphatic carbocycles. The average Bonchev–Trinajstić information content (AvgIpc) is 2.42. The van der Waals surface area contributed by atoms with Crippen LogP contribution in [0.5, 0.6) is 0 Å². The number of unbranched alkanes of at least 4 members (excludes halogenated alkanes) is 3. The summed E-state index contributed by atoms with van der Waals surface area (Å²) < 4.78 is 5.34. The van der Waals surface area contributed by atoms with Crippen LogP contribution in [0.15, 0.2) is 36.4 Å². The normalized spacial score (nSPS) is 10.2. The Morgan fingerprint density at radius 2 is 1.95 bits per heavy atom. The third-order valence-corrected chi connectivity index (χ3v) is 2.66. The Bertz CT molecular complexity index is 404. The van der Waals surface area contributed by atoms with Gasteiger partial charge in [0.1, 0.15) is 0 Å². The Morgan fingerprint density at radius 3 is 2.55 bits per heavy atom. The van der Waals surface area contributed by atoms with Crippen molar-refractivity contribution in [1.29, 1.82) is 0 Å². The van der Waals surface area contributed by atoms with Crippen LogP contribution in [-0.4, -0.2) is 11.5 Å². The van der Waals surface area contributed by atoms with Gasteiger partial charge in [-0.2, -0.15) is 17.7 Å². The fourth-order valence-corrected chi connectivity index (χ4v) is 1.57. The average molecular weight is 269 g/mol. The summed E-state index contributed by atoms with van der Waals surface area (Å²) in [4.78, 5) is 10.1. The van der Waals surface area contributed by atoms with Crippen LogP contribution in [0.2, 0.25) is 0 Å². The number of rotatable bonds is 9. The molecule has 0 aromatic heterocycles. The molecule has 1 aromatic rings. The maximum Gasteiger partial charge on any atom is 1.00 e. The smallest absolute Gasteiger partial charge is 0.409 e. The molecule has 0 radical (unpaired) electrons. The second-order valence-electron chi connectivity index (χ2n) is 4.27. The SMILES string of the molecule is CCCCC/C=C/CO[CH-]c1ccc([N+](=O)[O-])cc1.[Li+]. The van der Waals surface area contributed by atoms with E-state index in [2.05, 4.69) is 13.0 Å². The molecular formula is C15H20LiNO3. The molecule has 0 fully saturated rings. The van der Waals surface area contributed by atoms with Crippen LogP contribution < -0.4 is 18.9 Å². The van der Waals surface area contributed by atoms with Crippen molar-refractivity contribution in [3.63, 3.8) is 0 Å². The van der Waals surface area contributed by atoms with E-state index in [0.717, 1.165) is 12.0 Å². The molecular weight excluding hydrogens is 249 g/mol. The Labute approximate surface area is 132 Å². The van der Waals surface area contributed by atoms with Gasteiger partial charge in [0.15, 0.2) is 0 Å². The van der Waals surface area contributed by atoms with Crippen molar-refractivity contribution in [3.05, 3.63) is 58.7 Å². The van der Waals surface area contributed by atoms with E-state index in [1.54, 1.807) is 18.7 Å². The van der Waals surface area contributed by atoms with Gasteiger partial charge in [-0.3, -0.25) is 10.1 Å². The fraction of sp³-hybridized carbons (Fsp3) is 0.400. The van der Waals surface area contributed by atoms with Crippen LogP contribution in [0, 0.1) is 16.7 Å². The van der Waals surface area contributed by atoms with Gasteiger partial charge in [-0.15, -0.1) is 0 Å². The van der Waals surface area contributed by atoms with Crippen molar-refractivity contribution in [2.75, 3.05) is 6.61 Å². The molecule has 0 saturated carbocycles. The van der Waals surface area contributed by atoms with Crippen molar-refractivity contribution in [3.8, 4) is 0 Å². The first-order valence-electron chi connectivity index (χ1n) is 6.58. The van der Waals surface area contributed by atoms with Gasteiger partial charge in [0, 0.05) is 0 Å². The number of nitro benzene ring substituents is 1. The van der Waals surface area contributed by atoms with Gasteiger partial charge in [-0.25, -0.2) is 0 Å². The van der Waals surface area contributed by atoms with Crippen LogP contribution in [0.3, 0.4) is 0 Å². The summed E-state index contributed by atoms with van der Waals surface area (Å²) in [5.41, 5.74) is 0.915. The molecule has 0 bridgehead atoms. The Balaban J connectivity index is 0.00000361. The van der Waals surface area contributed by atoms with Crippen LogP contribution in [0.4, 0.5) is 5.69 Å². The third-order valence-electron chi connectivity index (χ3n) is 2.66. The van der Waals surface area contributed by atoms with Crippen molar-refractivity contribution in [2.24, 2.45) is 0 Å². The summed E-state index contributed by atoms with van der Waals surface area (Å²) in [6, 6.07) is 6.28. The summed E-state index contributed by atoms with van der Waals surface area (Å²) in [6.45, 7) is 4.33. The first-order chi connectivity index (χ1) is 9.24. The number of nitro groups is 1. The van der Waals surface area contributed by atoms with Gasteiger partial charge in [0.05, 0.1) is 11.5 Å². The maximum atomic E-state index is 10.5. The Morgan fingerprint density at radius 1 is 1.25 bits per heavy atom. The first kappa shape index (κ1) is 18.8. The summed E-state index contributed by atoms with van der Waals surface area (Å²) in [7, 11) is 0. The zero-order valence-electron chi connectivity index (χ0n) is 12.2. The molecule has 0 aliphatic heterocycles. The van der Waals surface area contributed by atoms with Gasteiger partial charge < -0.3 is 4.74 Å². The number of ether oxygens (including phenoxy) is 1. The minimum absolute atomic E-state index is 0. The quantitative estimate of drug-likeness (QED) is 0.169. The molecule has 0 amide bonds. The van der Waals surface area contributed by atoms with Crippen molar-refractivity contribution >= 4 is 5.69 Å². The summed E-state index contributed by atoms with van der Waals surface area (Å²) in [6.07, 6.45) is 8.93. The van der Waals surface area contributed by atoms with Crippen LogP contribution in [0.25, 0.3) is 0 Å². The number of nitrogens with zero attached hydrogens (tertiary/aromatic N) is 1. The number of non-ortho nitro benzene ring substituents is 1. The Hall–Kier alpha value is -1.21. The molecule has 4 nitrogen and oxygen atoms in total. The Kier molecular flexibility index (Phi) is 10.9. The molecule has 0 N–H and O–H groups in total. The van der Waals surface area contributed by atoms with E-state index in [1.807, 2.05) is 6.08 Å². The zero-order valence-corrected chi connectivity index (χ0v) is 12.2. The molecule has 0 heterocycles. The third kappa shape index (κ3) is 8.06. The minimum atomic E-state index is -0.413. The molecule has 1 aromatic carbocycles. The topological polar surface area (TPSA) is 52.4 Å². The van der Waals surface area contributed by atoms with E-state index in [0.29, 0.717) is 6.61 Å². The van der Waals surface area contributed by atoms with E-state index in [1.165, 1.54) is 31.4 Å². The monoisotopic (exact) mass is 269 g/mol. The molecule has 0 aliphatic rings. The van der Waals surface area contributed by atoms with E-state index in [-0.39, 0.29) is 24.5 Å². The first-order valence-corrected chi connectivity index (χ1v) is 6.58. The molecule has 5 heteroatoms. The van der Waals surface area contributed by atoms with Crippen LogP contribution in [0.1, 0.15) is 38.2 Å². The van der Waals surface area contributed by atoms with Crippen molar-refractivity contribution in [1.82, 2.24) is 0 Å². The molecule has 104 valence electrons. The number of allylic oxidation sites excluding steroid dienone is 1. The van der Waals surface area contributed by atoms with Crippen LogP contribution in [-0.2, 0) is 4.74 Å². The second kappa shape index (κ2) is 11.6. The maximum absolute atomic E-state index is 10.5. The van der Waals surface area contributed by atoms with E-state index < -0.39 is 4.92 Å². The fourth-order valence-electron chi connectivity index (χ4n) is 1.57. The molecule has 0 atom stereocenters. The van der Waals surface area contributed by atoms with Gasteiger partial charge in [-0.1, -0.05) is 38.5 Å². The summed E-state index contributed by atoms with van der Waals surface area (Å²) in [5.74, 6) is 0. The summed E-state index contributed by atoms with van der Waals surface area (Å²) in [5, 5.41) is 10.5. The standard InChI is InChI=1S/C15H20NO3.Li/c1-2-3-4-5-6-7-12-19-13-14-8-10-15(11-9-14)16(17)18;/h6-11,13H,2-5,12H2,1H3;/q-1;+1/b7-6+;. The molecule has 20 heavy (non-hydrogen) atoms. The van der Waals surface area contributed by atoms with Crippen molar-refractivity contribution < 1.29 is 28.5 Å². The largest absolute Gasteiger partial charge is 1.00 e. The van der Waals surface area contributed by atoms with Gasteiger partial charge >= 0.3 is 18.9 Å². The predicted octanol–water partition coefficient (Wildman–Crippen LogP) is 1.26. The number of hydrogen-bond acceptors (Lipinski definition) is 3. The second-order valence-corrected chi connectivity index (χ2v) is 4.27. The van der Waals surface area contributed by atoms with Gasteiger partial charge in [0.2, 0.25) is 5.69 Å². The molecule has 1 rings (SSSR count). The summed E-state index contributed by atoms with van der Waals surface area (Å²) >= 11 is 0. The molecule has 0 spiro atoms.